The van der Waals surface area contributed by atoms with Crippen molar-refractivity contribution >= 4 is 11.9 Å². The van der Waals surface area contributed by atoms with E-state index in [1.54, 1.807) is 19.9 Å². The largest absolute Gasteiger partial charge is 0.462 e. The van der Waals surface area contributed by atoms with Crippen molar-refractivity contribution in [3.05, 3.63) is 24.4 Å². The molecule has 98 valence electrons. The quantitative estimate of drug-likeness (QED) is 0.439. The van der Waals surface area contributed by atoms with Crippen LogP contribution >= 0.6 is 0 Å². The zero-order valence-electron chi connectivity index (χ0n) is 10.6. The molecule has 1 aliphatic heterocycles. The number of hydrogen-bond donors (Lipinski definition) is 1. The maximum Gasteiger partial charge on any atom is 0.330 e. The van der Waals surface area contributed by atoms with Gasteiger partial charge < -0.3 is 10.1 Å². The molecule has 0 saturated heterocycles. The van der Waals surface area contributed by atoms with Crippen molar-refractivity contribution in [3.8, 4) is 0 Å². The number of nitrogens with zero attached hydrogens (tertiary/aromatic N) is 2. The molecule has 6 heteroatoms. The van der Waals surface area contributed by atoms with Crippen molar-refractivity contribution in [2.75, 3.05) is 13.2 Å². The van der Waals surface area contributed by atoms with Gasteiger partial charge in [-0.15, -0.1) is 0 Å². The molecular formula is C12H17N3O3. The Hall–Kier alpha value is -1.98. The third kappa shape index (κ3) is 3.80. The van der Waals surface area contributed by atoms with E-state index in [2.05, 4.69) is 22.1 Å². The number of carbonyl (C=O) groups excluding carboxylic acids is 2. The lowest BCUT2D eigenvalue weighted by Gasteiger charge is -2.15. The van der Waals surface area contributed by atoms with Crippen LogP contribution in [0.5, 0.6) is 0 Å². The van der Waals surface area contributed by atoms with E-state index >= 15 is 0 Å². The topological polar surface area (TPSA) is 80.1 Å². The molecule has 1 heterocycles. The first-order valence-corrected chi connectivity index (χ1v) is 5.68. The fraction of sp³-hybridized carbons (Fsp3) is 0.500. The molecule has 0 saturated carbocycles. The number of allylic oxidation sites excluding steroid dienone is 1. The summed E-state index contributed by atoms with van der Waals surface area (Å²) in [5.74, 6) is -0.672. The Kier molecular flexibility index (Phi) is 4.76. The lowest BCUT2D eigenvalue weighted by atomic mass is 10.0. The maximum absolute atomic E-state index is 11.8. The van der Waals surface area contributed by atoms with E-state index in [-0.39, 0.29) is 12.5 Å². The first-order chi connectivity index (χ1) is 8.48. The highest BCUT2D eigenvalue weighted by molar-refractivity contribution is 5.88. The number of rotatable bonds is 6. The summed E-state index contributed by atoms with van der Waals surface area (Å²) in [5.41, 5.74) is -0.186. The highest BCUT2D eigenvalue weighted by atomic mass is 16.5. The van der Waals surface area contributed by atoms with Crippen LogP contribution in [-0.2, 0) is 14.3 Å². The number of amides is 1. The van der Waals surface area contributed by atoms with Crippen LogP contribution in [0.4, 0.5) is 0 Å². The minimum atomic E-state index is -0.915. The number of carbonyl (C=O) groups is 2. The van der Waals surface area contributed by atoms with Crippen LogP contribution in [0.2, 0.25) is 0 Å². The molecule has 18 heavy (non-hydrogen) atoms. The van der Waals surface area contributed by atoms with Gasteiger partial charge in [0.1, 0.15) is 0 Å². The molecule has 0 bridgehead atoms. The third-order valence-electron chi connectivity index (χ3n) is 2.38. The molecule has 1 atom stereocenters. The van der Waals surface area contributed by atoms with Crippen LogP contribution in [-0.4, -0.2) is 30.6 Å². The van der Waals surface area contributed by atoms with Gasteiger partial charge >= 0.3 is 5.97 Å². The highest BCUT2D eigenvalue weighted by Crippen LogP contribution is 2.23. The lowest BCUT2D eigenvalue weighted by molar-refractivity contribution is -0.137. The zero-order chi connectivity index (χ0) is 13.6. The zero-order valence-corrected chi connectivity index (χ0v) is 10.6. The summed E-state index contributed by atoms with van der Waals surface area (Å²) in [6.07, 6.45) is 3.35. The van der Waals surface area contributed by atoms with Gasteiger partial charge in [-0.25, -0.2) is 4.79 Å². The normalized spacial score (nSPS) is 21.3. The third-order valence-corrected chi connectivity index (χ3v) is 2.38. The van der Waals surface area contributed by atoms with Crippen molar-refractivity contribution in [1.82, 2.24) is 5.32 Å². The predicted octanol–water partition coefficient (Wildman–Crippen LogP) is 1.35. The van der Waals surface area contributed by atoms with Gasteiger partial charge in [-0.3, -0.25) is 4.79 Å². The molecule has 0 aromatic heterocycles. The van der Waals surface area contributed by atoms with Gasteiger partial charge in [0.05, 0.1) is 12.3 Å². The fourth-order valence-electron chi connectivity index (χ4n) is 1.44. The van der Waals surface area contributed by atoms with Crippen LogP contribution < -0.4 is 5.32 Å². The summed E-state index contributed by atoms with van der Waals surface area (Å²) in [6, 6.07) is 0. The van der Waals surface area contributed by atoms with Gasteiger partial charge in [-0.1, -0.05) is 6.58 Å². The van der Waals surface area contributed by atoms with Gasteiger partial charge in [0.25, 0.3) is 5.91 Å². The van der Waals surface area contributed by atoms with E-state index in [1.165, 1.54) is 0 Å². The van der Waals surface area contributed by atoms with Crippen LogP contribution in [0.25, 0.3) is 0 Å². The van der Waals surface area contributed by atoms with Crippen molar-refractivity contribution in [3.63, 3.8) is 0 Å². The second kappa shape index (κ2) is 6.09. The molecule has 1 amide bonds. The highest BCUT2D eigenvalue weighted by Gasteiger charge is 2.33. The summed E-state index contributed by atoms with van der Waals surface area (Å²) in [5, 5.41) is 10.5. The van der Waals surface area contributed by atoms with Crippen molar-refractivity contribution < 1.29 is 14.3 Å². The molecule has 1 N–H and O–H groups in total. The minimum absolute atomic E-state index is 0.210. The summed E-state index contributed by atoms with van der Waals surface area (Å²) < 4.78 is 4.78. The Labute approximate surface area is 106 Å². The SMILES string of the molecule is C=CC(=O)OCCCNC(=O)C1(C)C=C(C)N=N1. The molecule has 1 rings (SSSR count). The number of ether oxygens (including phenoxy) is 1. The lowest BCUT2D eigenvalue weighted by Crippen LogP contribution is -2.41. The van der Waals surface area contributed by atoms with E-state index < -0.39 is 11.5 Å². The van der Waals surface area contributed by atoms with Gasteiger partial charge in [-0.2, -0.15) is 10.2 Å². The van der Waals surface area contributed by atoms with E-state index in [4.69, 9.17) is 4.74 Å². The Balaban J connectivity index is 2.24. The Morgan fingerprint density at radius 1 is 1.61 bits per heavy atom. The van der Waals surface area contributed by atoms with Crippen LogP contribution in [0, 0.1) is 0 Å². The Morgan fingerprint density at radius 2 is 2.33 bits per heavy atom. The average molecular weight is 251 g/mol. The molecule has 0 spiro atoms. The first-order valence-electron chi connectivity index (χ1n) is 5.68. The van der Waals surface area contributed by atoms with Gasteiger partial charge in [0.2, 0.25) is 0 Å². The van der Waals surface area contributed by atoms with Gasteiger partial charge in [0, 0.05) is 12.6 Å². The summed E-state index contributed by atoms with van der Waals surface area (Å²) >= 11 is 0. The molecule has 0 aliphatic carbocycles. The standard InChI is InChI=1S/C12H17N3O3/c1-4-10(16)18-7-5-6-13-11(17)12(3)8-9(2)14-15-12/h4,8H,1,5-7H2,2-3H3,(H,13,17). The second-order valence-corrected chi connectivity index (χ2v) is 4.11. The van der Waals surface area contributed by atoms with Crippen LogP contribution in [0.1, 0.15) is 20.3 Å². The number of azo groups is 1. The number of nitrogens with one attached hydrogen (secondary N) is 1. The molecule has 0 radical (unpaired) electrons. The summed E-state index contributed by atoms with van der Waals surface area (Å²) in [4.78, 5) is 22.6. The smallest absolute Gasteiger partial charge is 0.330 e. The molecular weight excluding hydrogens is 234 g/mol. The average Bonchev–Trinajstić information content (AvgIpc) is 2.69. The summed E-state index contributed by atoms with van der Waals surface area (Å²) in [7, 11) is 0. The molecule has 0 aromatic carbocycles. The molecule has 0 fully saturated rings. The molecule has 0 aromatic rings. The van der Waals surface area contributed by atoms with E-state index in [0.717, 1.165) is 11.8 Å². The maximum atomic E-state index is 11.8. The fourth-order valence-corrected chi connectivity index (χ4v) is 1.44. The van der Waals surface area contributed by atoms with Crippen molar-refractivity contribution in [1.29, 1.82) is 0 Å². The van der Waals surface area contributed by atoms with E-state index in [9.17, 15) is 9.59 Å². The molecule has 1 unspecified atom stereocenters. The van der Waals surface area contributed by atoms with Crippen LogP contribution in [0.3, 0.4) is 0 Å². The Morgan fingerprint density at radius 3 is 2.89 bits per heavy atom. The van der Waals surface area contributed by atoms with Crippen LogP contribution in [0.15, 0.2) is 34.7 Å². The van der Waals surface area contributed by atoms with Crippen molar-refractivity contribution in [2.24, 2.45) is 10.2 Å². The van der Waals surface area contributed by atoms with Crippen molar-refractivity contribution in [2.45, 2.75) is 25.8 Å². The molecule has 1 aliphatic rings. The van der Waals surface area contributed by atoms with Gasteiger partial charge in [0.15, 0.2) is 5.54 Å². The Bertz CT molecular complexity index is 415. The molecule has 6 nitrogen and oxygen atoms in total. The summed E-state index contributed by atoms with van der Waals surface area (Å²) in [6.45, 7) is 7.43. The predicted molar refractivity (Wildman–Crippen MR) is 65.8 cm³/mol. The second-order valence-electron chi connectivity index (χ2n) is 4.11. The number of esters is 1. The first kappa shape index (κ1) is 14.1. The van der Waals surface area contributed by atoms with E-state index in [0.29, 0.717) is 13.0 Å². The van der Waals surface area contributed by atoms with E-state index in [1.807, 2.05) is 0 Å². The minimum Gasteiger partial charge on any atom is -0.462 e. The monoisotopic (exact) mass is 251 g/mol. The van der Waals surface area contributed by atoms with Gasteiger partial charge in [-0.05, 0) is 26.3 Å². The number of hydrogen-bond acceptors (Lipinski definition) is 5.